The quantitative estimate of drug-likeness (QED) is 0.844. The third-order valence-electron chi connectivity index (χ3n) is 3.30. The fraction of sp³-hybridized carbons (Fsp3) is 0.400. The monoisotopic (exact) mass is 324 g/mol. The predicted molar refractivity (Wildman–Crippen MR) is 84.3 cm³/mol. The van der Waals surface area contributed by atoms with E-state index in [2.05, 4.69) is 10.3 Å². The molecule has 3 rings (SSSR count). The summed E-state index contributed by atoms with van der Waals surface area (Å²) in [7, 11) is 1.63. The van der Waals surface area contributed by atoms with Crippen LogP contribution in [-0.2, 0) is 13.2 Å². The Labute approximate surface area is 133 Å². The van der Waals surface area contributed by atoms with E-state index in [0.717, 1.165) is 22.9 Å². The molecular formula is C15H17ClN2O2S. The van der Waals surface area contributed by atoms with Crippen molar-refractivity contribution in [3.63, 3.8) is 0 Å². The molecule has 0 spiro atoms. The van der Waals surface area contributed by atoms with E-state index in [1.807, 2.05) is 11.4 Å². The summed E-state index contributed by atoms with van der Waals surface area (Å²) in [5, 5.41) is 7.01. The molecule has 0 amide bonds. The number of methoxy groups -OCH3 is 1. The van der Waals surface area contributed by atoms with Gasteiger partial charge in [0.25, 0.3) is 0 Å². The van der Waals surface area contributed by atoms with Gasteiger partial charge in [-0.15, -0.1) is 11.3 Å². The number of rotatable bonds is 7. The average molecular weight is 325 g/mol. The third-order valence-corrected chi connectivity index (χ3v) is 4.27. The lowest BCUT2D eigenvalue weighted by Gasteiger charge is -2.15. The Morgan fingerprint density at radius 3 is 2.95 bits per heavy atom. The molecule has 0 bridgehead atoms. The van der Waals surface area contributed by atoms with Gasteiger partial charge in [-0.3, -0.25) is 0 Å². The first-order valence-corrected chi connectivity index (χ1v) is 8.13. The summed E-state index contributed by atoms with van der Waals surface area (Å²) in [6.07, 6.45) is 4.26. The molecule has 1 aliphatic rings. The summed E-state index contributed by atoms with van der Waals surface area (Å²) in [5.74, 6) is 1.40. The van der Waals surface area contributed by atoms with Crippen LogP contribution in [0.4, 0.5) is 0 Å². The fourth-order valence-electron chi connectivity index (χ4n) is 2.07. The summed E-state index contributed by atoms with van der Waals surface area (Å²) < 4.78 is 11.3. The van der Waals surface area contributed by atoms with Crippen LogP contribution in [0.2, 0.25) is 5.02 Å². The summed E-state index contributed by atoms with van der Waals surface area (Å²) in [6.45, 7) is 1.17. The van der Waals surface area contributed by atoms with E-state index in [1.165, 1.54) is 12.8 Å². The molecule has 1 aromatic heterocycles. The van der Waals surface area contributed by atoms with E-state index in [4.69, 9.17) is 21.1 Å². The van der Waals surface area contributed by atoms with Crippen molar-refractivity contribution in [1.82, 2.24) is 10.3 Å². The minimum Gasteiger partial charge on any atom is -0.493 e. The van der Waals surface area contributed by atoms with E-state index in [9.17, 15) is 0 Å². The molecule has 1 aliphatic carbocycles. The molecule has 112 valence electrons. The lowest BCUT2D eigenvalue weighted by Crippen LogP contribution is -2.16. The Kier molecular flexibility index (Phi) is 4.63. The van der Waals surface area contributed by atoms with Crippen LogP contribution < -0.4 is 14.8 Å². The number of benzene rings is 1. The lowest BCUT2D eigenvalue weighted by atomic mass is 10.2. The summed E-state index contributed by atoms with van der Waals surface area (Å²) in [6, 6.07) is 4.33. The zero-order valence-electron chi connectivity index (χ0n) is 11.8. The number of nitrogens with zero attached hydrogens (tertiary/aromatic N) is 1. The molecule has 0 saturated heterocycles. The Hall–Kier alpha value is -1.30. The van der Waals surface area contributed by atoms with Crippen LogP contribution in [0.5, 0.6) is 11.5 Å². The average Bonchev–Trinajstić information content (AvgIpc) is 3.17. The van der Waals surface area contributed by atoms with E-state index in [1.54, 1.807) is 30.7 Å². The molecule has 0 atom stereocenters. The fourth-order valence-corrected chi connectivity index (χ4v) is 2.83. The van der Waals surface area contributed by atoms with Crippen molar-refractivity contribution in [3.05, 3.63) is 39.3 Å². The second-order valence-corrected chi connectivity index (χ2v) is 6.38. The van der Waals surface area contributed by atoms with Crippen LogP contribution in [0.1, 0.15) is 23.4 Å². The maximum absolute atomic E-state index is 6.16. The van der Waals surface area contributed by atoms with Crippen molar-refractivity contribution >= 4 is 22.9 Å². The molecule has 2 aromatic rings. The van der Waals surface area contributed by atoms with Gasteiger partial charge in [0.15, 0.2) is 11.5 Å². The Morgan fingerprint density at radius 2 is 2.29 bits per heavy atom. The van der Waals surface area contributed by atoms with Crippen molar-refractivity contribution in [2.24, 2.45) is 0 Å². The first-order chi connectivity index (χ1) is 10.3. The number of nitrogens with one attached hydrogen (secondary N) is 1. The van der Waals surface area contributed by atoms with Crippen LogP contribution >= 0.6 is 22.9 Å². The lowest BCUT2D eigenvalue weighted by molar-refractivity contribution is 0.280. The molecule has 0 radical (unpaired) electrons. The SMILES string of the molecule is COc1cc(Cl)cc(CNC2CC2)c1OCc1nccs1. The van der Waals surface area contributed by atoms with Gasteiger partial charge in [0, 0.05) is 40.8 Å². The van der Waals surface area contributed by atoms with Gasteiger partial charge in [-0.1, -0.05) is 11.6 Å². The highest BCUT2D eigenvalue weighted by atomic mass is 35.5. The number of thiazole rings is 1. The standard InChI is InChI=1S/C15H17ClN2O2S/c1-19-13-7-11(16)6-10(8-18-12-2-3-12)15(13)20-9-14-17-4-5-21-14/h4-7,12,18H,2-3,8-9H2,1H3. The smallest absolute Gasteiger partial charge is 0.166 e. The minimum atomic E-state index is 0.437. The number of aromatic nitrogens is 1. The van der Waals surface area contributed by atoms with Crippen molar-refractivity contribution in [1.29, 1.82) is 0 Å². The summed E-state index contributed by atoms with van der Waals surface area (Å²) in [5.41, 5.74) is 1.02. The van der Waals surface area contributed by atoms with Crippen LogP contribution in [0.25, 0.3) is 0 Å². The zero-order valence-corrected chi connectivity index (χ0v) is 13.3. The second kappa shape index (κ2) is 6.64. The Morgan fingerprint density at radius 1 is 1.43 bits per heavy atom. The molecular weight excluding hydrogens is 308 g/mol. The normalized spacial score (nSPS) is 14.2. The van der Waals surface area contributed by atoms with E-state index < -0.39 is 0 Å². The van der Waals surface area contributed by atoms with Gasteiger partial charge in [0.1, 0.15) is 11.6 Å². The highest BCUT2D eigenvalue weighted by Crippen LogP contribution is 2.36. The largest absolute Gasteiger partial charge is 0.493 e. The zero-order chi connectivity index (χ0) is 14.7. The van der Waals surface area contributed by atoms with E-state index in [-0.39, 0.29) is 0 Å². The van der Waals surface area contributed by atoms with Gasteiger partial charge in [0.05, 0.1) is 7.11 Å². The topological polar surface area (TPSA) is 43.4 Å². The first-order valence-electron chi connectivity index (χ1n) is 6.87. The number of halogens is 1. The molecule has 0 aliphatic heterocycles. The van der Waals surface area contributed by atoms with Crippen molar-refractivity contribution in [2.45, 2.75) is 32.0 Å². The van der Waals surface area contributed by atoms with Crippen molar-refractivity contribution in [2.75, 3.05) is 7.11 Å². The third kappa shape index (κ3) is 3.87. The molecule has 0 unspecified atom stereocenters. The van der Waals surface area contributed by atoms with Crippen molar-refractivity contribution in [3.8, 4) is 11.5 Å². The van der Waals surface area contributed by atoms with Gasteiger partial charge < -0.3 is 14.8 Å². The first kappa shape index (κ1) is 14.6. The molecule has 21 heavy (non-hydrogen) atoms. The van der Waals surface area contributed by atoms with Crippen molar-refractivity contribution < 1.29 is 9.47 Å². The van der Waals surface area contributed by atoms with Crippen LogP contribution in [0.3, 0.4) is 0 Å². The highest BCUT2D eigenvalue weighted by molar-refractivity contribution is 7.09. The van der Waals surface area contributed by atoms with E-state index >= 15 is 0 Å². The number of ether oxygens (including phenoxy) is 2. The van der Waals surface area contributed by atoms with Gasteiger partial charge in [0.2, 0.25) is 0 Å². The molecule has 1 aromatic carbocycles. The van der Waals surface area contributed by atoms with E-state index in [0.29, 0.717) is 23.4 Å². The van der Waals surface area contributed by atoms with Gasteiger partial charge in [-0.25, -0.2) is 4.98 Å². The Balaban J connectivity index is 1.79. The van der Waals surface area contributed by atoms with Crippen LogP contribution in [-0.4, -0.2) is 18.1 Å². The van der Waals surface area contributed by atoms with Gasteiger partial charge >= 0.3 is 0 Å². The second-order valence-electron chi connectivity index (χ2n) is 4.97. The van der Waals surface area contributed by atoms with Gasteiger partial charge in [-0.2, -0.15) is 0 Å². The van der Waals surface area contributed by atoms with Crippen LogP contribution in [0.15, 0.2) is 23.7 Å². The predicted octanol–water partition coefficient (Wildman–Crippen LogP) is 3.64. The Bertz CT molecular complexity index is 600. The molecule has 1 heterocycles. The number of hydrogen-bond acceptors (Lipinski definition) is 5. The number of hydrogen-bond donors (Lipinski definition) is 1. The summed E-state index contributed by atoms with van der Waals surface area (Å²) in [4.78, 5) is 4.23. The summed E-state index contributed by atoms with van der Waals surface area (Å²) >= 11 is 7.73. The van der Waals surface area contributed by atoms with Gasteiger partial charge in [-0.05, 0) is 18.9 Å². The van der Waals surface area contributed by atoms with Crippen LogP contribution in [0, 0.1) is 0 Å². The maximum Gasteiger partial charge on any atom is 0.166 e. The molecule has 1 saturated carbocycles. The maximum atomic E-state index is 6.16. The highest BCUT2D eigenvalue weighted by Gasteiger charge is 2.22. The molecule has 1 N–H and O–H groups in total. The molecule has 4 nitrogen and oxygen atoms in total. The molecule has 6 heteroatoms. The molecule has 1 fully saturated rings. The minimum absolute atomic E-state index is 0.437.